The number of carbonyl (C=O) groups is 2. The fourth-order valence-electron chi connectivity index (χ4n) is 4.53. The zero-order valence-corrected chi connectivity index (χ0v) is 19.5. The van der Waals surface area contributed by atoms with Gasteiger partial charge in [0.15, 0.2) is 0 Å². The molecule has 6 nitrogen and oxygen atoms in total. The van der Waals surface area contributed by atoms with Crippen LogP contribution in [-0.2, 0) is 22.6 Å². The molecule has 172 valence electrons. The third-order valence-electron chi connectivity index (χ3n) is 6.43. The first-order valence-electron chi connectivity index (χ1n) is 11.8. The molecule has 1 aliphatic rings. The molecule has 33 heavy (non-hydrogen) atoms. The van der Waals surface area contributed by atoms with E-state index >= 15 is 0 Å². The highest BCUT2D eigenvalue weighted by Crippen LogP contribution is 2.26. The summed E-state index contributed by atoms with van der Waals surface area (Å²) in [5.41, 5.74) is 4.06. The molecule has 1 unspecified atom stereocenters. The molecule has 4 rings (SSSR count). The van der Waals surface area contributed by atoms with Crippen LogP contribution >= 0.6 is 0 Å². The highest BCUT2D eigenvalue weighted by Gasteiger charge is 2.18. The van der Waals surface area contributed by atoms with Crippen LogP contribution in [0.1, 0.15) is 62.3 Å². The van der Waals surface area contributed by atoms with E-state index in [0.717, 1.165) is 66.6 Å². The number of pyridine rings is 2. The van der Waals surface area contributed by atoms with E-state index in [1.54, 1.807) is 13.8 Å². The minimum absolute atomic E-state index is 0.0457. The molecule has 0 saturated carbocycles. The minimum atomic E-state index is -0.165. The summed E-state index contributed by atoms with van der Waals surface area (Å²) in [6, 6.07) is 14.2. The van der Waals surface area contributed by atoms with Crippen molar-refractivity contribution in [2.45, 2.75) is 58.4 Å². The lowest BCUT2D eigenvalue weighted by Crippen LogP contribution is -2.30. The Labute approximate surface area is 195 Å². The van der Waals surface area contributed by atoms with Crippen LogP contribution in [0.5, 0.6) is 0 Å². The number of Topliss-reactive ketones (excluding diaryl/α,β-unsaturated/α-hetero) is 1. The average molecular weight is 445 g/mol. The molecule has 3 heterocycles. The van der Waals surface area contributed by atoms with Crippen LogP contribution < -0.4 is 5.32 Å². The molecule has 1 aromatic carbocycles. The molecule has 0 fully saturated rings. The SMILES string of the molecule is CC(=O)C(CCCCN(Cc1ccc2c(n1)NCCC2)C(C)=O)c1cnc2ccccc2c1. The largest absolute Gasteiger partial charge is 0.370 e. The number of ketones is 1. The van der Waals surface area contributed by atoms with E-state index < -0.39 is 0 Å². The molecule has 2 aromatic heterocycles. The number of aromatic nitrogens is 2. The number of hydrogen-bond donors (Lipinski definition) is 1. The maximum absolute atomic E-state index is 12.4. The molecule has 6 heteroatoms. The number of unbranched alkanes of at least 4 members (excludes halogenated alkanes) is 1. The van der Waals surface area contributed by atoms with Crippen molar-refractivity contribution in [1.29, 1.82) is 0 Å². The average Bonchev–Trinajstić information content (AvgIpc) is 2.82. The summed E-state index contributed by atoms with van der Waals surface area (Å²) in [4.78, 5) is 35.7. The molecule has 1 amide bonds. The Morgan fingerprint density at radius 3 is 2.79 bits per heavy atom. The third kappa shape index (κ3) is 5.75. The topological polar surface area (TPSA) is 75.2 Å². The molecule has 1 N–H and O–H groups in total. The van der Waals surface area contributed by atoms with Gasteiger partial charge in [-0.3, -0.25) is 14.6 Å². The number of rotatable bonds is 9. The van der Waals surface area contributed by atoms with Crippen LogP contribution in [-0.4, -0.2) is 39.6 Å². The van der Waals surface area contributed by atoms with Gasteiger partial charge in [0.25, 0.3) is 0 Å². The number of benzene rings is 1. The predicted octanol–water partition coefficient (Wildman–Crippen LogP) is 4.88. The summed E-state index contributed by atoms with van der Waals surface area (Å²) in [6.07, 6.45) is 6.46. The molecular formula is C27H32N4O2. The predicted molar refractivity (Wildman–Crippen MR) is 131 cm³/mol. The fraction of sp³-hybridized carbons (Fsp3) is 0.407. The number of aryl methyl sites for hydroxylation is 1. The second-order valence-corrected chi connectivity index (χ2v) is 8.90. The van der Waals surface area contributed by atoms with Gasteiger partial charge >= 0.3 is 0 Å². The number of para-hydroxylation sites is 1. The first-order valence-corrected chi connectivity index (χ1v) is 11.8. The summed E-state index contributed by atoms with van der Waals surface area (Å²) in [6.45, 7) is 5.37. The van der Waals surface area contributed by atoms with Gasteiger partial charge in [-0.25, -0.2) is 4.98 Å². The molecule has 1 aliphatic heterocycles. The molecule has 1 atom stereocenters. The first kappa shape index (κ1) is 22.9. The van der Waals surface area contributed by atoms with Gasteiger partial charge in [0.05, 0.1) is 17.8 Å². The standard InChI is InChI=1S/C27H32N4O2/c1-19(32)25(23-16-22-8-3-4-11-26(22)29-17-23)10-5-6-15-31(20(2)33)18-24-13-12-21-9-7-14-28-27(21)30-24/h3-4,8,11-13,16-17,25H,5-7,9-10,14-15,18H2,1-2H3,(H,28,30). The van der Waals surface area contributed by atoms with Crippen molar-refractivity contribution in [2.24, 2.45) is 0 Å². The first-order chi connectivity index (χ1) is 16.0. The van der Waals surface area contributed by atoms with Crippen LogP contribution in [0.4, 0.5) is 5.82 Å². The molecule has 0 radical (unpaired) electrons. The molecule has 0 spiro atoms. The summed E-state index contributed by atoms with van der Waals surface area (Å²) in [5, 5.41) is 4.41. The molecule has 0 aliphatic carbocycles. The maximum atomic E-state index is 12.4. The zero-order valence-electron chi connectivity index (χ0n) is 19.5. The Kier molecular flexibility index (Phi) is 7.33. The van der Waals surface area contributed by atoms with Gasteiger partial charge in [-0.2, -0.15) is 0 Å². The Morgan fingerprint density at radius 2 is 1.97 bits per heavy atom. The van der Waals surface area contributed by atoms with Gasteiger partial charge in [-0.1, -0.05) is 30.7 Å². The van der Waals surface area contributed by atoms with E-state index in [2.05, 4.69) is 22.4 Å². The highest BCUT2D eigenvalue weighted by atomic mass is 16.2. The normalized spacial score (nSPS) is 13.8. The Morgan fingerprint density at radius 1 is 1.12 bits per heavy atom. The van der Waals surface area contributed by atoms with Gasteiger partial charge in [0.2, 0.25) is 5.91 Å². The lowest BCUT2D eigenvalue weighted by atomic mass is 9.90. The lowest BCUT2D eigenvalue weighted by Gasteiger charge is -2.23. The van der Waals surface area contributed by atoms with Crippen LogP contribution in [0.2, 0.25) is 0 Å². The Hall–Kier alpha value is -3.28. The van der Waals surface area contributed by atoms with E-state index in [-0.39, 0.29) is 17.6 Å². The minimum Gasteiger partial charge on any atom is -0.370 e. The number of anilines is 1. The summed E-state index contributed by atoms with van der Waals surface area (Å²) < 4.78 is 0. The quantitative estimate of drug-likeness (QED) is 0.476. The Balaban J connectivity index is 1.34. The number of fused-ring (bicyclic) bond motifs is 2. The molecule has 0 saturated heterocycles. The zero-order chi connectivity index (χ0) is 23.2. The van der Waals surface area contributed by atoms with Crippen LogP contribution in [0.15, 0.2) is 48.7 Å². The number of amides is 1. The monoisotopic (exact) mass is 444 g/mol. The smallest absolute Gasteiger partial charge is 0.219 e. The lowest BCUT2D eigenvalue weighted by molar-refractivity contribution is -0.129. The van der Waals surface area contributed by atoms with Crippen LogP contribution in [0.25, 0.3) is 10.9 Å². The fourth-order valence-corrected chi connectivity index (χ4v) is 4.53. The number of nitrogens with zero attached hydrogens (tertiary/aromatic N) is 3. The van der Waals surface area contributed by atoms with Crippen molar-refractivity contribution < 1.29 is 9.59 Å². The Bertz CT molecular complexity index is 1140. The highest BCUT2D eigenvalue weighted by molar-refractivity contribution is 5.85. The summed E-state index contributed by atoms with van der Waals surface area (Å²) in [5.74, 6) is 0.988. The van der Waals surface area contributed by atoms with E-state index in [1.807, 2.05) is 41.4 Å². The van der Waals surface area contributed by atoms with E-state index in [1.165, 1.54) is 5.56 Å². The van der Waals surface area contributed by atoms with E-state index in [0.29, 0.717) is 13.1 Å². The van der Waals surface area contributed by atoms with Gasteiger partial charge in [-0.05, 0) is 61.9 Å². The van der Waals surface area contributed by atoms with E-state index in [4.69, 9.17) is 4.98 Å². The molecular weight excluding hydrogens is 412 g/mol. The third-order valence-corrected chi connectivity index (χ3v) is 6.43. The van der Waals surface area contributed by atoms with Crippen molar-refractivity contribution in [3.05, 3.63) is 65.5 Å². The number of hydrogen-bond acceptors (Lipinski definition) is 5. The maximum Gasteiger partial charge on any atom is 0.219 e. The van der Waals surface area contributed by atoms with Crippen molar-refractivity contribution in [1.82, 2.24) is 14.9 Å². The second-order valence-electron chi connectivity index (χ2n) is 8.90. The van der Waals surface area contributed by atoms with E-state index in [9.17, 15) is 9.59 Å². The van der Waals surface area contributed by atoms with Crippen LogP contribution in [0, 0.1) is 0 Å². The van der Waals surface area contributed by atoms with Crippen LogP contribution in [0.3, 0.4) is 0 Å². The van der Waals surface area contributed by atoms with Crippen molar-refractivity contribution in [3.8, 4) is 0 Å². The summed E-state index contributed by atoms with van der Waals surface area (Å²) in [7, 11) is 0. The van der Waals surface area contributed by atoms with Crippen molar-refractivity contribution in [3.63, 3.8) is 0 Å². The van der Waals surface area contributed by atoms with Gasteiger partial charge in [0, 0.05) is 37.5 Å². The van der Waals surface area contributed by atoms with Gasteiger partial charge in [-0.15, -0.1) is 0 Å². The second kappa shape index (κ2) is 10.6. The van der Waals surface area contributed by atoms with Gasteiger partial charge in [0.1, 0.15) is 11.6 Å². The number of carbonyl (C=O) groups excluding carboxylic acids is 2. The molecule has 3 aromatic rings. The summed E-state index contributed by atoms with van der Waals surface area (Å²) >= 11 is 0. The molecule has 0 bridgehead atoms. The number of nitrogens with one attached hydrogen (secondary N) is 1. The van der Waals surface area contributed by atoms with Crippen molar-refractivity contribution >= 4 is 28.4 Å². The van der Waals surface area contributed by atoms with Crippen molar-refractivity contribution in [2.75, 3.05) is 18.4 Å². The van der Waals surface area contributed by atoms with Gasteiger partial charge < -0.3 is 10.2 Å².